The second-order valence-electron chi connectivity index (χ2n) is 5.48. The first-order valence-electron chi connectivity index (χ1n) is 7.45. The molecule has 0 radical (unpaired) electrons. The fourth-order valence-electron chi connectivity index (χ4n) is 2.08. The van der Waals surface area contributed by atoms with E-state index in [1.54, 1.807) is 0 Å². The molecule has 1 aliphatic rings. The van der Waals surface area contributed by atoms with Crippen LogP contribution < -0.4 is 5.32 Å². The minimum absolute atomic E-state index is 0.0621. The fourth-order valence-corrected chi connectivity index (χ4v) is 3.43. The zero-order valence-electron chi connectivity index (χ0n) is 13.0. The Balaban J connectivity index is 2.33. The number of thioether (sulfide) groups is 1. The van der Waals surface area contributed by atoms with Crippen molar-refractivity contribution in [1.29, 1.82) is 0 Å². The minimum Gasteiger partial charge on any atom is -0.480 e. The maximum atomic E-state index is 12.2. The van der Waals surface area contributed by atoms with Gasteiger partial charge in [0, 0.05) is 18.9 Å². The van der Waals surface area contributed by atoms with Crippen molar-refractivity contribution in [2.75, 3.05) is 25.5 Å². The second kappa shape index (κ2) is 9.15. The van der Waals surface area contributed by atoms with E-state index in [-0.39, 0.29) is 11.4 Å². The molecule has 0 spiro atoms. The number of nitrogens with zero attached hydrogens (tertiary/aromatic N) is 1. The highest BCUT2D eigenvalue weighted by molar-refractivity contribution is 8.00. The summed E-state index contributed by atoms with van der Waals surface area (Å²) in [7, 11) is 0. The molecule has 0 aromatic carbocycles. The van der Waals surface area contributed by atoms with Crippen molar-refractivity contribution in [3.63, 3.8) is 0 Å². The van der Waals surface area contributed by atoms with Gasteiger partial charge < -0.3 is 15.2 Å². The van der Waals surface area contributed by atoms with Gasteiger partial charge in [0.15, 0.2) is 0 Å². The van der Waals surface area contributed by atoms with Crippen LogP contribution in [0.1, 0.15) is 33.6 Å². The third-order valence-electron chi connectivity index (χ3n) is 3.32. The molecular formula is C14H26N2O4S. The third kappa shape index (κ3) is 5.74. The van der Waals surface area contributed by atoms with Gasteiger partial charge in [-0.3, -0.25) is 4.90 Å². The molecule has 1 heterocycles. The highest BCUT2D eigenvalue weighted by Gasteiger charge is 2.40. The number of carbonyl (C=O) groups is 2. The van der Waals surface area contributed by atoms with Crippen LogP contribution in [0, 0.1) is 5.92 Å². The van der Waals surface area contributed by atoms with Gasteiger partial charge in [0.25, 0.3) is 0 Å². The first kappa shape index (κ1) is 18.1. The quantitative estimate of drug-likeness (QED) is 0.669. The molecule has 1 saturated heterocycles. The molecule has 0 aliphatic carbocycles. The number of nitrogens with one attached hydrogen (secondary N) is 1. The number of carboxylic acids is 1. The fraction of sp³-hybridized carbons (Fsp3) is 0.857. The van der Waals surface area contributed by atoms with Crippen molar-refractivity contribution in [3.8, 4) is 0 Å². The summed E-state index contributed by atoms with van der Waals surface area (Å²) in [6.45, 7) is 7.76. The molecular weight excluding hydrogens is 292 g/mol. The van der Waals surface area contributed by atoms with Gasteiger partial charge in [-0.25, -0.2) is 9.59 Å². The van der Waals surface area contributed by atoms with Crippen LogP contribution in [0.25, 0.3) is 0 Å². The highest BCUT2D eigenvalue weighted by atomic mass is 32.2. The van der Waals surface area contributed by atoms with E-state index in [1.807, 2.05) is 6.92 Å². The Morgan fingerprint density at radius 3 is 2.71 bits per heavy atom. The van der Waals surface area contributed by atoms with Crippen molar-refractivity contribution in [2.24, 2.45) is 5.92 Å². The Hall–Kier alpha value is -0.950. The Bertz CT molecular complexity index is 352. The van der Waals surface area contributed by atoms with Crippen molar-refractivity contribution >= 4 is 23.8 Å². The summed E-state index contributed by atoms with van der Waals surface area (Å²) in [6, 6.07) is -1.05. The number of rotatable bonds is 8. The zero-order chi connectivity index (χ0) is 15.8. The van der Waals surface area contributed by atoms with Crippen molar-refractivity contribution < 1.29 is 19.4 Å². The summed E-state index contributed by atoms with van der Waals surface area (Å²) < 4.78 is 5.43. The van der Waals surface area contributed by atoms with Crippen LogP contribution in [0.3, 0.4) is 0 Å². The lowest BCUT2D eigenvalue weighted by molar-refractivity contribution is -0.141. The van der Waals surface area contributed by atoms with Crippen molar-refractivity contribution in [1.82, 2.24) is 10.2 Å². The zero-order valence-corrected chi connectivity index (χ0v) is 13.8. The first-order valence-corrected chi connectivity index (χ1v) is 8.50. The summed E-state index contributed by atoms with van der Waals surface area (Å²) in [5, 5.41) is 11.9. The third-order valence-corrected chi connectivity index (χ3v) is 4.78. The number of hydrogen-bond donors (Lipinski definition) is 2. The molecule has 2 amide bonds. The number of urea groups is 1. The summed E-state index contributed by atoms with van der Waals surface area (Å²) >= 11 is 1.52. The Morgan fingerprint density at radius 1 is 1.43 bits per heavy atom. The van der Waals surface area contributed by atoms with Gasteiger partial charge in [-0.2, -0.15) is 0 Å². The summed E-state index contributed by atoms with van der Waals surface area (Å²) in [5.41, 5.74) is 0. The summed E-state index contributed by atoms with van der Waals surface area (Å²) in [5.74, 6) is 0.108. The van der Waals surface area contributed by atoms with Gasteiger partial charge in [-0.15, -0.1) is 11.8 Å². The average molecular weight is 318 g/mol. The van der Waals surface area contributed by atoms with Crippen LogP contribution in [0.2, 0.25) is 0 Å². The molecule has 1 fully saturated rings. The number of amides is 2. The maximum absolute atomic E-state index is 12.2. The molecule has 0 aromatic rings. The van der Waals surface area contributed by atoms with E-state index in [1.165, 1.54) is 16.7 Å². The molecule has 21 heavy (non-hydrogen) atoms. The van der Waals surface area contributed by atoms with Gasteiger partial charge in [0.2, 0.25) is 0 Å². The topological polar surface area (TPSA) is 78.9 Å². The molecule has 1 rings (SSSR count). The molecule has 0 saturated carbocycles. The van der Waals surface area contributed by atoms with Crippen LogP contribution in [0.5, 0.6) is 0 Å². The standard InChI is InChI=1S/C14H26N2O4S/c1-4-12-16(11(9-21-12)13(17)18)14(19)15-6-8-20-7-5-10(2)3/h10-12H,4-9H2,1-3H3,(H,15,19)(H,17,18). The van der Waals surface area contributed by atoms with Crippen LogP contribution >= 0.6 is 11.8 Å². The smallest absolute Gasteiger partial charge is 0.327 e. The number of carboxylic acid groups (broad SMARTS) is 1. The molecule has 2 atom stereocenters. The number of ether oxygens (including phenoxy) is 1. The van der Waals surface area contributed by atoms with Crippen molar-refractivity contribution in [3.05, 3.63) is 0 Å². The monoisotopic (exact) mass is 318 g/mol. The number of carbonyl (C=O) groups excluding carboxylic acids is 1. The van der Waals surface area contributed by atoms with Crippen LogP contribution in [0.15, 0.2) is 0 Å². The average Bonchev–Trinajstić information content (AvgIpc) is 2.86. The van der Waals surface area contributed by atoms with Crippen molar-refractivity contribution in [2.45, 2.75) is 45.0 Å². The van der Waals surface area contributed by atoms with E-state index in [4.69, 9.17) is 4.74 Å². The number of aliphatic carboxylic acids is 1. The minimum atomic E-state index is -0.943. The van der Waals surface area contributed by atoms with Gasteiger partial charge in [0.1, 0.15) is 6.04 Å². The van der Waals surface area contributed by atoms with E-state index in [9.17, 15) is 14.7 Å². The van der Waals surface area contributed by atoms with E-state index in [0.29, 0.717) is 31.4 Å². The molecule has 6 nitrogen and oxygen atoms in total. The second-order valence-corrected chi connectivity index (χ2v) is 6.70. The van der Waals surface area contributed by atoms with E-state index in [0.717, 1.165) is 12.8 Å². The lowest BCUT2D eigenvalue weighted by Gasteiger charge is -2.26. The molecule has 2 N–H and O–H groups in total. The predicted molar refractivity (Wildman–Crippen MR) is 83.5 cm³/mol. The molecule has 0 aromatic heterocycles. The van der Waals surface area contributed by atoms with E-state index < -0.39 is 12.0 Å². The van der Waals surface area contributed by atoms with Gasteiger partial charge in [-0.1, -0.05) is 20.8 Å². The Morgan fingerprint density at radius 2 is 2.14 bits per heavy atom. The predicted octanol–water partition coefficient (Wildman–Crippen LogP) is 2.00. The summed E-state index contributed by atoms with van der Waals surface area (Å²) in [4.78, 5) is 24.8. The molecule has 7 heteroatoms. The molecule has 1 aliphatic heterocycles. The summed E-state index contributed by atoms with van der Waals surface area (Å²) in [6.07, 6.45) is 1.74. The van der Waals surface area contributed by atoms with Crippen LogP contribution in [0.4, 0.5) is 4.79 Å². The van der Waals surface area contributed by atoms with Crippen LogP contribution in [-0.2, 0) is 9.53 Å². The largest absolute Gasteiger partial charge is 0.480 e. The molecule has 0 bridgehead atoms. The normalized spacial score (nSPS) is 21.8. The van der Waals surface area contributed by atoms with Gasteiger partial charge >= 0.3 is 12.0 Å². The highest BCUT2D eigenvalue weighted by Crippen LogP contribution is 2.31. The molecule has 2 unspecified atom stereocenters. The maximum Gasteiger partial charge on any atom is 0.327 e. The van der Waals surface area contributed by atoms with E-state index in [2.05, 4.69) is 19.2 Å². The SMILES string of the molecule is CCC1SCC(C(=O)O)N1C(=O)NCCOCCC(C)C. The van der Waals surface area contributed by atoms with Gasteiger partial charge in [-0.05, 0) is 18.8 Å². The molecule has 122 valence electrons. The lowest BCUT2D eigenvalue weighted by Crippen LogP contribution is -2.50. The van der Waals surface area contributed by atoms with Gasteiger partial charge in [0.05, 0.1) is 12.0 Å². The lowest BCUT2D eigenvalue weighted by atomic mass is 10.1. The van der Waals surface area contributed by atoms with Crippen LogP contribution in [-0.4, -0.2) is 58.9 Å². The number of hydrogen-bond acceptors (Lipinski definition) is 4. The van der Waals surface area contributed by atoms with E-state index >= 15 is 0 Å². The Labute approximate surface area is 130 Å². The Kier molecular flexibility index (Phi) is 7.88. The first-order chi connectivity index (χ1) is 9.97.